The molecule has 0 saturated carbocycles. The molecule has 0 heterocycles. The first-order valence-electron chi connectivity index (χ1n) is 6.92. The lowest BCUT2D eigenvalue weighted by atomic mass is 10.1. The summed E-state index contributed by atoms with van der Waals surface area (Å²) >= 11 is 6.06. The summed E-state index contributed by atoms with van der Waals surface area (Å²) in [5.74, 6) is 0.898. The summed E-state index contributed by atoms with van der Waals surface area (Å²) in [4.78, 5) is 0. The van der Waals surface area contributed by atoms with E-state index >= 15 is 0 Å². The second-order valence-electron chi connectivity index (χ2n) is 4.36. The minimum atomic E-state index is 0.227. The van der Waals surface area contributed by atoms with E-state index in [1.165, 1.54) is 0 Å². The Morgan fingerprint density at radius 2 is 2.05 bits per heavy atom. The van der Waals surface area contributed by atoms with Gasteiger partial charge in [0.05, 0.1) is 6.61 Å². The fourth-order valence-corrected chi connectivity index (χ4v) is 2.07. The maximum Gasteiger partial charge on any atom is 0.124 e. The van der Waals surface area contributed by atoms with E-state index < -0.39 is 0 Å². The van der Waals surface area contributed by atoms with Crippen LogP contribution in [0.3, 0.4) is 0 Å². The largest absolute Gasteiger partial charge is 0.493 e. The molecule has 0 aliphatic heterocycles. The van der Waals surface area contributed by atoms with Gasteiger partial charge in [0.15, 0.2) is 0 Å². The predicted molar refractivity (Wildman–Crippen MR) is 80.1 cm³/mol. The van der Waals surface area contributed by atoms with Crippen LogP contribution in [-0.2, 0) is 4.74 Å². The molecule has 0 spiro atoms. The molecule has 19 heavy (non-hydrogen) atoms. The normalized spacial score (nSPS) is 12.4. The number of halogens is 1. The van der Waals surface area contributed by atoms with Crippen LogP contribution in [0.15, 0.2) is 18.2 Å². The number of hydrogen-bond donors (Lipinski definition) is 1. The summed E-state index contributed by atoms with van der Waals surface area (Å²) in [6.07, 6.45) is 0.894. The maximum absolute atomic E-state index is 6.06. The minimum Gasteiger partial charge on any atom is -0.493 e. The molecule has 0 fully saturated rings. The molecule has 4 heteroatoms. The van der Waals surface area contributed by atoms with Gasteiger partial charge in [0.2, 0.25) is 0 Å². The lowest BCUT2D eigenvalue weighted by molar-refractivity contribution is 0.130. The first-order chi connectivity index (χ1) is 9.19. The smallest absolute Gasteiger partial charge is 0.124 e. The van der Waals surface area contributed by atoms with E-state index in [1.54, 1.807) is 0 Å². The third-order valence-electron chi connectivity index (χ3n) is 2.84. The molecule has 1 rings (SSSR count). The van der Waals surface area contributed by atoms with Gasteiger partial charge in [0, 0.05) is 36.3 Å². The van der Waals surface area contributed by atoms with Crippen molar-refractivity contribution in [2.45, 2.75) is 33.2 Å². The Hall–Kier alpha value is -0.770. The molecule has 0 amide bonds. The highest BCUT2D eigenvalue weighted by atomic mass is 35.5. The highest BCUT2D eigenvalue weighted by molar-refractivity contribution is 6.30. The van der Waals surface area contributed by atoms with Crippen molar-refractivity contribution in [1.29, 1.82) is 0 Å². The van der Waals surface area contributed by atoms with Crippen molar-refractivity contribution >= 4 is 11.6 Å². The third-order valence-corrected chi connectivity index (χ3v) is 3.08. The molecule has 1 N–H and O–H groups in total. The molecule has 0 aromatic heterocycles. The first-order valence-corrected chi connectivity index (χ1v) is 7.30. The molecule has 0 saturated heterocycles. The summed E-state index contributed by atoms with van der Waals surface area (Å²) < 4.78 is 11.1. The Kier molecular flexibility index (Phi) is 7.87. The van der Waals surface area contributed by atoms with Gasteiger partial charge in [-0.3, -0.25) is 0 Å². The van der Waals surface area contributed by atoms with Gasteiger partial charge in [-0.1, -0.05) is 18.5 Å². The van der Waals surface area contributed by atoms with Crippen LogP contribution in [0.4, 0.5) is 0 Å². The lowest BCUT2D eigenvalue weighted by Crippen LogP contribution is -2.18. The standard InChI is InChI=1S/C15H24ClNO2/c1-4-17-12(3)14-11-13(16)7-8-15(14)19-10-6-9-18-5-2/h7-8,11-12,17H,4-6,9-10H2,1-3H3. The van der Waals surface area contributed by atoms with Crippen LogP contribution in [0.2, 0.25) is 5.02 Å². The molecular formula is C15H24ClNO2. The van der Waals surface area contributed by atoms with Gasteiger partial charge in [-0.05, 0) is 38.6 Å². The van der Waals surface area contributed by atoms with Crippen molar-refractivity contribution < 1.29 is 9.47 Å². The number of hydrogen-bond acceptors (Lipinski definition) is 3. The zero-order valence-electron chi connectivity index (χ0n) is 12.0. The Labute approximate surface area is 121 Å². The van der Waals surface area contributed by atoms with Gasteiger partial charge in [-0.15, -0.1) is 0 Å². The van der Waals surface area contributed by atoms with Gasteiger partial charge < -0.3 is 14.8 Å². The average Bonchev–Trinajstić information content (AvgIpc) is 2.40. The quantitative estimate of drug-likeness (QED) is 0.700. The molecule has 1 aromatic rings. The lowest BCUT2D eigenvalue weighted by Gasteiger charge is -2.18. The highest BCUT2D eigenvalue weighted by Crippen LogP contribution is 2.28. The molecule has 1 unspecified atom stereocenters. The monoisotopic (exact) mass is 285 g/mol. The molecule has 108 valence electrons. The van der Waals surface area contributed by atoms with E-state index in [4.69, 9.17) is 21.1 Å². The molecular weight excluding hydrogens is 262 g/mol. The van der Waals surface area contributed by atoms with Crippen molar-refractivity contribution in [2.24, 2.45) is 0 Å². The van der Waals surface area contributed by atoms with E-state index in [-0.39, 0.29) is 6.04 Å². The number of rotatable bonds is 9. The molecule has 0 aliphatic carbocycles. The van der Waals surface area contributed by atoms with Gasteiger partial charge in [0.1, 0.15) is 5.75 Å². The zero-order valence-corrected chi connectivity index (χ0v) is 12.8. The first kappa shape index (κ1) is 16.3. The van der Waals surface area contributed by atoms with Crippen LogP contribution in [0, 0.1) is 0 Å². The van der Waals surface area contributed by atoms with Gasteiger partial charge >= 0.3 is 0 Å². The minimum absolute atomic E-state index is 0.227. The van der Waals surface area contributed by atoms with Crippen LogP contribution in [0.25, 0.3) is 0 Å². The van der Waals surface area contributed by atoms with Crippen molar-refractivity contribution in [1.82, 2.24) is 5.32 Å². The molecule has 1 aromatic carbocycles. The van der Waals surface area contributed by atoms with E-state index in [0.29, 0.717) is 6.61 Å². The molecule has 0 radical (unpaired) electrons. The van der Waals surface area contributed by atoms with Crippen LogP contribution in [0.5, 0.6) is 5.75 Å². The number of nitrogens with one attached hydrogen (secondary N) is 1. The van der Waals surface area contributed by atoms with Gasteiger partial charge in [0.25, 0.3) is 0 Å². The molecule has 1 atom stereocenters. The molecule has 0 aliphatic rings. The second kappa shape index (κ2) is 9.18. The van der Waals surface area contributed by atoms with E-state index in [2.05, 4.69) is 19.2 Å². The van der Waals surface area contributed by atoms with Crippen molar-refractivity contribution in [2.75, 3.05) is 26.4 Å². The third kappa shape index (κ3) is 5.81. The SMILES string of the molecule is CCNC(C)c1cc(Cl)ccc1OCCCOCC. The van der Waals surface area contributed by atoms with Crippen molar-refractivity contribution in [3.8, 4) is 5.75 Å². The summed E-state index contributed by atoms with van der Waals surface area (Å²) in [7, 11) is 0. The summed E-state index contributed by atoms with van der Waals surface area (Å²) in [6, 6.07) is 5.99. The zero-order chi connectivity index (χ0) is 14.1. The molecule has 0 bridgehead atoms. The number of ether oxygens (including phenoxy) is 2. The van der Waals surface area contributed by atoms with E-state index in [0.717, 1.165) is 42.5 Å². The van der Waals surface area contributed by atoms with Crippen LogP contribution < -0.4 is 10.1 Å². The van der Waals surface area contributed by atoms with E-state index in [1.807, 2.05) is 25.1 Å². The Morgan fingerprint density at radius 1 is 1.26 bits per heavy atom. The topological polar surface area (TPSA) is 30.5 Å². The Bertz CT molecular complexity index is 371. The van der Waals surface area contributed by atoms with Crippen molar-refractivity contribution in [3.05, 3.63) is 28.8 Å². The highest BCUT2D eigenvalue weighted by Gasteiger charge is 2.11. The van der Waals surface area contributed by atoms with Gasteiger partial charge in [-0.2, -0.15) is 0 Å². The summed E-state index contributed by atoms with van der Waals surface area (Å²) in [5, 5.41) is 4.11. The maximum atomic E-state index is 6.06. The van der Waals surface area contributed by atoms with Crippen molar-refractivity contribution in [3.63, 3.8) is 0 Å². The number of benzene rings is 1. The Morgan fingerprint density at radius 3 is 2.74 bits per heavy atom. The Balaban J connectivity index is 2.60. The van der Waals surface area contributed by atoms with E-state index in [9.17, 15) is 0 Å². The molecule has 3 nitrogen and oxygen atoms in total. The van der Waals surface area contributed by atoms with Crippen LogP contribution in [-0.4, -0.2) is 26.4 Å². The summed E-state index contributed by atoms with van der Waals surface area (Å²) in [6.45, 7) is 9.26. The average molecular weight is 286 g/mol. The van der Waals surface area contributed by atoms with Crippen LogP contribution >= 0.6 is 11.6 Å². The fourth-order valence-electron chi connectivity index (χ4n) is 1.89. The second-order valence-corrected chi connectivity index (χ2v) is 4.80. The summed E-state index contributed by atoms with van der Waals surface area (Å²) in [5.41, 5.74) is 1.10. The fraction of sp³-hybridized carbons (Fsp3) is 0.600. The van der Waals surface area contributed by atoms with Crippen LogP contribution in [0.1, 0.15) is 38.8 Å². The van der Waals surface area contributed by atoms with Gasteiger partial charge in [-0.25, -0.2) is 0 Å². The predicted octanol–water partition coefficient (Wildman–Crippen LogP) is 3.82.